The van der Waals surface area contributed by atoms with Gasteiger partial charge in [0.05, 0.1) is 33.0 Å². The number of aromatic nitrogens is 1. The van der Waals surface area contributed by atoms with E-state index >= 15 is 0 Å². The highest BCUT2D eigenvalue weighted by molar-refractivity contribution is 7.92. The van der Waals surface area contributed by atoms with Crippen molar-refractivity contribution in [3.8, 4) is 0 Å². The minimum atomic E-state index is -3.96. The molecule has 0 saturated heterocycles. The second kappa shape index (κ2) is 9.41. The number of nitrogens with zero attached hydrogens (tertiary/aromatic N) is 1. The van der Waals surface area contributed by atoms with Gasteiger partial charge in [-0.3, -0.25) is 18.9 Å². The van der Waals surface area contributed by atoms with Crippen LogP contribution in [0.1, 0.15) is 23.7 Å². The van der Waals surface area contributed by atoms with Crippen LogP contribution in [0.3, 0.4) is 0 Å². The Labute approximate surface area is 178 Å². The molecule has 1 amide bonds. The standard InChI is InChI=1S/C20H23N3O5S2/c1-3-11-23-17-9-8-14(13-18(17)29-20(23)25)30(26,27)22-16-7-5-4-6-15(16)19(24)21-10-12-28-2/h4-9,13,22H,3,10-12H2,1-2H3,(H,21,24). The number of carbonyl (C=O) groups excluding carboxylic acids is 1. The van der Waals surface area contributed by atoms with Crippen molar-refractivity contribution < 1.29 is 17.9 Å². The molecule has 0 fully saturated rings. The summed E-state index contributed by atoms with van der Waals surface area (Å²) in [6.07, 6.45) is 0.802. The molecule has 30 heavy (non-hydrogen) atoms. The van der Waals surface area contributed by atoms with Crippen LogP contribution in [0.15, 0.2) is 52.2 Å². The third-order valence-electron chi connectivity index (χ3n) is 4.40. The maximum Gasteiger partial charge on any atom is 0.308 e. The maximum absolute atomic E-state index is 13.0. The Morgan fingerprint density at radius 1 is 1.20 bits per heavy atom. The van der Waals surface area contributed by atoms with E-state index in [0.29, 0.717) is 29.9 Å². The lowest BCUT2D eigenvalue weighted by Crippen LogP contribution is -2.28. The molecule has 3 rings (SSSR count). The van der Waals surface area contributed by atoms with E-state index in [1.165, 1.54) is 25.3 Å². The molecule has 10 heteroatoms. The monoisotopic (exact) mass is 449 g/mol. The van der Waals surface area contributed by atoms with Gasteiger partial charge in [0.2, 0.25) is 0 Å². The number of hydrogen-bond acceptors (Lipinski definition) is 6. The SMILES string of the molecule is CCCn1c(=O)sc2cc(S(=O)(=O)Nc3ccccc3C(=O)NCCOC)ccc21. The minimum absolute atomic E-state index is 0.0227. The van der Waals surface area contributed by atoms with Gasteiger partial charge >= 0.3 is 4.87 Å². The normalized spacial score (nSPS) is 11.5. The zero-order valence-corrected chi connectivity index (χ0v) is 18.3. The van der Waals surface area contributed by atoms with E-state index in [1.54, 1.807) is 28.8 Å². The van der Waals surface area contributed by atoms with Crippen LogP contribution >= 0.6 is 11.3 Å². The van der Waals surface area contributed by atoms with E-state index < -0.39 is 15.9 Å². The van der Waals surface area contributed by atoms with E-state index in [4.69, 9.17) is 4.74 Å². The number of carbonyl (C=O) groups is 1. The Morgan fingerprint density at radius 2 is 1.97 bits per heavy atom. The Hall–Kier alpha value is -2.69. The van der Waals surface area contributed by atoms with Gasteiger partial charge in [-0.25, -0.2) is 8.42 Å². The molecule has 0 aliphatic heterocycles. The molecular formula is C20H23N3O5S2. The molecular weight excluding hydrogens is 426 g/mol. The van der Waals surface area contributed by atoms with Crippen LogP contribution in [0.2, 0.25) is 0 Å². The van der Waals surface area contributed by atoms with E-state index in [0.717, 1.165) is 17.8 Å². The number of methoxy groups -OCH3 is 1. The first kappa shape index (κ1) is 22.0. The van der Waals surface area contributed by atoms with E-state index in [9.17, 15) is 18.0 Å². The van der Waals surface area contributed by atoms with Gasteiger partial charge in [-0.2, -0.15) is 0 Å². The van der Waals surface area contributed by atoms with Crippen LogP contribution in [0, 0.1) is 0 Å². The van der Waals surface area contributed by atoms with E-state index in [2.05, 4.69) is 10.0 Å². The fourth-order valence-corrected chi connectivity index (χ4v) is 5.12. The lowest BCUT2D eigenvalue weighted by atomic mass is 10.2. The maximum atomic E-state index is 13.0. The van der Waals surface area contributed by atoms with Gasteiger partial charge in [0.15, 0.2) is 0 Å². The number of anilines is 1. The zero-order chi connectivity index (χ0) is 21.7. The summed E-state index contributed by atoms with van der Waals surface area (Å²) in [5.41, 5.74) is 1.09. The smallest absolute Gasteiger partial charge is 0.308 e. The Balaban J connectivity index is 1.90. The summed E-state index contributed by atoms with van der Waals surface area (Å²) in [4.78, 5) is 24.5. The molecule has 0 bridgehead atoms. The first-order chi connectivity index (χ1) is 14.4. The van der Waals surface area contributed by atoms with Crippen molar-refractivity contribution in [1.82, 2.24) is 9.88 Å². The summed E-state index contributed by atoms with van der Waals surface area (Å²) in [5, 5.41) is 2.68. The number of fused-ring (bicyclic) bond motifs is 1. The van der Waals surface area contributed by atoms with Crippen molar-refractivity contribution in [3.63, 3.8) is 0 Å². The molecule has 2 N–H and O–H groups in total. The van der Waals surface area contributed by atoms with Crippen molar-refractivity contribution in [2.45, 2.75) is 24.8 Å². The highest BCUT2D eigenvalue weighted by Crippen LogP contribution is 2.25. The number of sulfonamides is 1. The number of rotatable bonds is 9. The third-order valence-corrected chi connectivity index (χ3v) is 6.71. The third kappa shape index (κ3) is 4.72. The molecule has 2 aromatic carbocycles. The van der Waals surface area contributed by atoms with Gasteiger partial charge in [0, 0.05) is 20.2 Å². The number of nitrogens with one attached hydrogen (secondary N) is 2. The lowest BCUT2D eigenvalue weighted by Gasteiger charge is -2.13. The number of ether oxygens (including phenoxy) is 1. The van der Waals surface area contributed by atoms with Crippen LogP contribution in [-0.4, -0.2) is 39.2 Å². The van der Waals surface area contributed by atoms with E-state index in [1.807, 2.05) is 6.92 Å². The second-order valence-electron chi connectivity index (χ2n) is 6.55. The van der Waals surface area contributed by atoms with Crippen molar-refractivity contribution in [2.75, 3.05) is 25.0 Å². The molecule has 0 unspecified atom stereocenters. The quantitative estimate of drug-likeness (QED) is 0.489. The summed E-state index contributed by atoms with van der Waals surface area (Å²) in [7, 11) is -2.44. The highest BCUT2D eigenvalue weighted by Gasteiger charge is 2.20. The van der Waals surface area contributed by atoms with Crippen LogP contribution in [0.25, 0.3) is 10.2 Å². The Bertz CT molecular complexity index is 1210. The van der Waals surface area contributed by atoms with Gasteiger partial charge < -0.3 is 10.1 Å². The number of thiazole rings is 1. The molecule has 8 nitrogen and oxygen atoms in total. The number of amides is 1. The van der Waals surface area contributed by atoms with Crippen LogP contribution in [0.4, 0.5) is 5.69 Å². The van der Waals surface area contributed by atoms with Gasteiger partial charge in [-0.05, 0) is 36.8 Å². The molecule has 0 atom stereocenters. The predicted octanol–water partition coefficient (Wildman–Crippen LogP) is 2.65. The van der Waals surface area contributed by atoms with Crippen molar-refractivity contribution in [3.05, 3.63) is 57.7 Å². The fourth-order valence-electron chi connectivity index (χ4n) is 2.98. The topological polar surface area (TPSA) is 107 Å². The molecule has 1 heterocycles. The largest absolute Gasteiger partial charge is 0.383 e. The summed E-state index contributed by atoms with van der Waals surface area (Å²) in [6.45, 7) is 3.21. The molecule has 0 saturated carbocycles. The summed E-state index contributed by atoms with van der Waals surface area (Å²) in [6, 6.07) is 11.0. The average molecular weight is 450 g/mol. The Morgan fingerprint density at radius 3 is 2.70 bits per heavy atom. The first-order valence-electron chi connectivity index (χ1n) is 9.39. The van der Waals surface area contributed by atoms with Crippen LogP contribution in [-0.2, 0) is 21.3 Å². The van der Waals surface area contributed by atoms with Crippen molar-refractivity contribution in [2.24, 2.45) is 0 Å². The number of benzene rings is 2. The molecule has 0 spiro atoms. The molecule has 3 aromatic rings. The van der Waals surface area contributed by atoms with Crippen molar-refractivity contribution >= 4 is 43.2 Å². The van der Waals surface area contributed by atoms with E-state index in [-0.39, 0.29) is 21.0 Å². The van der Waals surface area contributed by atoms with Gasteiger partial charge in [0.25, 0.3) is 15.9 Å². The number of hydrogen-bond donors (Lipinski definition) is 2. The van der Waals surface area contributed by atoms with Gasteiger partial charge in [-0.15, -0.1) is 0 Å². The highest BCUT2D eigenvalue weighted by atomic mass is 32.2. The minimum Gasteiger partial charge on any atom is -0.383 e. The molecule has 0 aliphatic carbocycles. The number of para-hydroxylation sites is 1. The fraction of sp³-hybridized carbons (Fsp3) is 0.300. The average Bonchev–Trinajstić information content (AvgIpc) is 3.03. The first-order valence-corrected chi connectivity index (χ1v) is 11.7. The van der Waals surface area contributed by atoms with Crippen LogP contribution < -0.4 is 14.9 Å². The van der Waals surface area contributed by atoms with Crippen molar-refractivity contribution in [1.29, 1.82) is 0 Å². The second-order valence-corrected chi connectivity index (χ2v) is 9.22. The number of aryl methyl sites for hydroxylation is 1. The molecule has 160 valence electrons. The predicted molar refractivity (Wildman–Crippen MR) is 118 cm³/mol. The summed E-state index contributed by atoms with van der Waals surface area (Å²) >= 11 is 1.01. The molecule has 0 aliphatic rings. The lowest BCUT2D eigenvalue weighted by molar-refractivity contribution is 0.0938. The summed E-state index contributed by atoms with van der Waals surface area (Å²) in [5.74, 6) is -0.407. The zero-order valence-electron chi connectivity index (χ0n) is 16.7. The Kier molecular flexibility index (Phi) is 6.91. The molecule has 1 aromatic heterocycles. The van der Waals surface area contributed by atoms with Gasteiger partial charge in [-0.1, -0.05) is 30.4 Å². The van der Waals surface area contributed by atoms with Gasteiger partial charge in [0.1, 0.15) is 0 Å². The van der Waals surface area contributed by atoms with Crippen LogP contribution in [0.5, 0.6) is 0 Å². The molecule has 0 radical (unpaired) electrons. The summed E-state index contributed by atoms with van der Waals surface area (Å²) < 4.78 is 35.5.